The Morgan fingerprint density at radius 3 is 2.60 bits per heavy atom. The van der Waals surface area contributed by atoms with Gasteiger partial charge in [0.1, 0.15) is 0 Å². The molecule has 10 heavy (non-hydrogen) atoms. The monoisotopic (exact) mass is 181 g/mol. The van der Waals surface area contributed by atoms with Crippen LogP contribution in [0.1, 0.15) is 20.3 Å². The molecular weight excluding hydrogens is 166 g/mol. The number of thioether (sulfide) groups is 1. The second-order valence-electron chi connectivity index (χ2n) is 2.80. The summed E-state index contributed by atoms with van der Waals surface area (Å²) in [5.41, 5.74) is 0. The number of rotatable bonds is 2. The summed E-state index contributed by atoms with van der Waals surface area (Å²) in [5, 5.41) is 5.05. The Balaban J connectivity index is 0.000000810. The molecule has 0 aromatic heterocycles. The maximum Gasteiger partial charge on any atom is 0.0187 e. The average molecular weight is 182 g/mol. The van der Waals surface area contributed by atoms with Crippen molar-refractivity contribution in [3.8, 4) is 0 Å². The van der Waals surface area contributed by atoms with Gasteiger partial charge in [-0.1, -0.05) is 13.8 Å². The molecule has 0 bridgehead atoms. The van der Waals surface area contributed by atoms with E-state index in [-0.39, 0.29) is 12.4 Å². The largest absolute Gasteiger partial charge is 0.316 e. The molecule has 1 heterocycles. The molecule has 1 saturated heterocycles. The Morgan fingerprint density at radius 2 is 2.20 bits per heavy atom. The zero-order valence-corrected chi connectivity index (χ0v) is 8.23. The van der Waals surface area contributed by atoms with E-state index in [1.807, 2.05) is 0 Å². The van der Waals surface area contributed by atoms with Gasteiger partial charge < -0.3 is 5.32 Å². The topological polar surface area (TPSA) is 12.0 Å². The van der Waals surface area contributed by atoms with Crippen LogP contribution in [0.3, 0.4) is 0 Å². The van der Waals surface area contributed by atoms with Gasteiger partial charge in [0.2, 0.25) is 0 Å². The highest BCUT2D eigenvalue weighted by atomic mass is 35.5. The molecule has 0 saturated carbocycles. The van der Waals surface area contributed by atoms with Crippen molar-refractivity contribution >= 4 is 24.2 Å². The van der Waals surface area contributed by atoms with Crippen molar-refractivity contribution in [1.29, 1.82) is 0 Å². The maximum absolute atomic E-state index is 3.36. The lowest BCUT2D eigenvalue weighted by atomic mass is 10.4. The van der Waals surface area contributed by atoms with Gasteiger partial charge in [-0.15, -0.1) is 12.4 Å². The normalized spacial score (nSPS) is 24.9. The minimum Gasteiger partial charge on any atom is -0.316 e. The first-order chi connectivity index (χ1) is 4.29. The van der Waals surface area contributed by atoms with Crippen LogP contribution >= 0.6 is 24.2 Å². The van der Waals surface area contributed by atoms with Gasteiger partial charge in [-0.2, -0.15) is 11.8 Å². The van der Waals surface area contributed by atoms with Crippen LogP contribution in [0, 0.1) is 0 Å². The molecule has 1 rings (SSSR count). The van der Waals surface area contributed by atoms with Crippen molar-refractivity contribution in [2.24, 2.45) is 0 Å². The van der Waals surface area contributed by atoms with Crippen LogP contribution in [0.5, 0.6) is 0 Å². The first kappa shape index (κ1) is 10.6. The third-order valence-corrected chi connectivity index (χ3v) is 2.81. The van der Waals surface area contributed by atoms with E-state index in [4.69, 9.17) is 0 Å². The smallest absolute Gasteiger partial charge is 0.0187 e. The second kappa shape index (κ2) is 5.28. The predicted octanol–water partition coefficient (Wildman–Crippen LogP) is 1.91. The molecule has 0 radical (unpaired) electrons. The van der Waals surface area contributed by atoms with E-state index in [2.05, 4.69) is 30.9 Å². The fraction of sp³-hybridized carbons (Fsp3) is 1.00. The quantitative estimate of drug-likeness (QED) is 0.699. The van der Waals surface area contributed by atoms with Crippen molar-refractivity contribution in [3.05, 3.63) is 0 Å². The first-order valence-electron chi connectivity index (χ1n) is 3.65. The highest BCUT2D eigenvalue weighted by Crippen LogP contribution is 2.21. The summed E-state index contributed by atoms with van der Waals surface area (Å²) in [4.78, 5) is 0. The standard InChI is InChI=1S/C7H15NS.ClH/c1-6(2)9-7-3-4-8-5-7;/h6-8H,3-5H2,1-2H3;1H. The molecule has 1 fully saturated rings. The van der Waals surface area contributed by atoms with Crippen LogP contribution in [-0.4, -0.2) is 23.6 Å². The van der Waals surface area contributed by atoms with Gasteiger partial charge in [0.15, 0.2) is 0 Å². The summed E-state index contributed by atoms with van der Waals surface area (Å²) < 4.78 is 0. The van der Waals surface area contributed by atoms with Crippen LogP contribution in [-0.2, 0) is 0 Å². The highest BCUT2D eigenvalue weighted by molar-refractivity contribution is 8.00. The fourth-order valence-electron chi connectivity index (χ4n) is 1.13. The Morgan fingerprint density at radius 1 is 1.50 bits per heavy atom. The second-order valence-corrected chi connectivity index (χ2v) is 4.68. The molecular formula is C7H16ClNS. The van der Waals surface area contributed by atoms with Crippen molar-refractivity contribution in [2.75, 3.05) is 13.1 Å². The number of hydrogen-bond acceptors (Lipinski definition) is 2. The molecule has 1 nitrogen and oxygen atoms in total. The lowest BCUT2D eigenvalue weighted by Gasteiger charge is -2.09. The lowest BCUT2D eigenvalue weighted by Crippen LogP contribution is -2.11. The minimum atomic E-state index is 0. The van der Waals surface area contributed by atoms with Gasteiger partial charge in [-0.3, -0.25) is 0 Å². The van der Waals surface area contributed by atoms with E-state index < -0.39 is 0 Å². The first-order valence-corrected chi connectivity index (χ1v) is 4.59. The van der Waals surface area contributed by atoms with Crippen LogP contribution in [0.2, 0.25) is 0 Å². The zero-order valence-electron chi connectivity index (χ0n) is 6.59. The maximum atomic E-state index is 3.36. The van der Waals surface area contributed by atoms with E-state index in [0.717, 1.165) is 10.5 Å². The molecule has 1 atom stereocenters. The van der Waals surface area contributed by atoms with Gasteiger partial charge >= 0.3 is 0 Å². The van der Waals surface area contributed by atoms with Gasteiger partial charge in [-0.25, -0.2) is 0 Å². The van der Waals surface area contributed by atoms with Gasteiger partial charge in [0.25, 0.3) is 0 Å². The third kappa shape index (κ3) is 3.69. The Hall–Kier alpha value is 0.600. The summed E-state index contributed by atoms with van der Waals surface area (Å²) >= 11 is 2.10. The molecule has 1 aliphatic heterocycles. The van der Waals surface area contributed by atoms with E-state index in [1.54, 1.807) is 0 Å². The molecule has 1 aliphatic rings. The molecule has 0 spiro atoms. The van der Waals surface area contributed by atoms with Gasteiger partial charge in [0.05, 0.1) is 0 Å². The summed E-state index contributed by atoms with van der Waals surface area (Å²) in [5.74, 6) is 0. The summed E-state index contributed by atoms with van der Waals surface area (Å²) in [6, 6.07) is 0. The predicted molar refractivity (Wildman–Crippen MR) is 51.2 cm³/mol. The molecule has 1 N–H and O–H groups in total. The molecule has 3 heteroatoms. The van der Waals surface area contributed by atoms with Crippen molar-refractivity contribution < 1.29 is 0 Å². The van der Waals surface area contributed by atoms with Crippen LogP contribution in [0.25, 0.3) is 0 Å². The molecule has 0 aromatic rings. The van der Waals surface area contributed by atoms with Crippen molar-refractivity contribution in [3.63, 3.8) is 0 Å². The van der Waals surface area contributed by atoms with E-state index >= 15 is 0 Å². The minimum absolute atomic E-state index is 0. The lowest BCUT2D eigenvalue weighted by molar-refractivity contribution is 0.858. The SMILES string of the molecule is CC(C)SC1CCNC1.Cl. The van der Waals surface area contributed by atoms with Gasteiger partial charge in [-0.05, 0) is 18.2 Å². The van der Waals surface area contributed by atoms with E-state index in [1.165, 1.54) is 19.5 Å². The molecule has 62 valence electrons. The molecule has 0 aromatic carbocycles. The summed E-state index contributed by atoms with van der Waals surface area (Å²) in [7, 11) is 0. The van der Waals surface area contributed by atoms with E-state index in [9.17, 15) is 0 Å². The van der Waals surface area contributed by atoms with E-state index in [0.29, 0.717) is 0 Å². The number of hydrogen-bond donors (Lipinski definition) is 1. The van der Waals surface area contributed by atoms with Crippen molar-refractivity contribution in [2.45, 2.75) is 30.8 Å². The average Bonchev–Trinajstić information content (AvgIpc) is 2.15. The Labute approximate surface area is 73.7 Å². The van der Waals surface area contributed by atoms with Crippen LogP contribution in [0.4, 0.5) is 0 Å². The summed E-state index contributed by atoms with van der Waals surface area (Å²) in [6.07, 6.45) is 1.36. The number of nitrogens with one attached hydrogen (secondary N) is 1. The zero-order chi connectivity index (χ0) is 6.69. The van der Waals surface area contributed by atoms with Crippen LogP contribution in [0.15, 0.2) is 0 Å². The molecule has 0 amide bonds. The fourth-order valence-corrected chi connectivity index (χ4v) is 2.37. The molecule has 1 unspecified atom stereocenters. The highest BCUT2D eigenvalue weighted by Gasteiger charge is 2.15. The third-order valence-electron chi connectivity index (χ3n) is 1.48. The summed E-state index contributed by atoms with van der Waals surface area (Å²) in [6.45, 7) is 6.99. The van der Waals surface area contributed by atoms with Crippen molar-refractivity contribution in [1.82, 2.24) is 5.32 Å². The Bertz CT molecular complexity index is 81.7. The van der Waals surface area contributed by atoms with Crippen LogP contribution < -0.4 is 5.32 Å². The number of halogens is 1. The van der Waals surface area contributed by atoms with Gasteiger partial charge in [0, 0.05) is 11.8 Å². The Kier molecular flexibility index (Phi) is 5.59. The molecule has 0 aliphatic carbocycles.